The Hall–Kier alpha value is -2.31. The Balaban J connectivity index is 2.04. The first kappa shape index (κ1) is 15.1. The lowest BCUT2D eigenvalue weighted by Gasteiger charge is -2.33. The summed E-state index contributed by atoms with van der Waals surface area (Å²) in [4.78, 5) is 23.7. The third-order valence-corrected chi connectivity index (χ3v) is 3.82. The lowest BCUT2D eigenvalue weighted by molar-refractivity contribution is -0.383. The van der Waals surface area contributed by atoms with Gasteiger partial charge in [0.1, 0.15) is 11.4 Å². The van der Waals surface area contributed by atoms with E-state index in [9.17, 15) is 14.9 Å². The van der Waals surface area contributed by atoms with Crippen LogP contribution in [-0.4, -0.2) is 30.5 Å². The van der Waals surface area contributed by atoms with Crippen LogP contribution in [0.4, 0.5) is 17.1 Å². The molecule has 0 saturated carbocycles. The van der Waals surface area contributed by atoms with Gasteiger partial charge in [-0.25, -0.2) is 0 Å². The predicted octanol–water partition coefficient (Wildman–Crippen LogP) is 1.53. The molecule has 1 amide bonds. The Labute approximate surface area is 123 Å². The van der Waals surface area contributed by atoms with Crippen LogP contribution >= 0.6 is 0 Å². The summed E-state index contributed by atoms with van der Waals surface area (Å²) >= 11 is 0. The molecule has 7 heteroatoms. The molecule has 2 rings (SSSR count). The first-order valence-electron chi connectivity index (χ1n) is 7.01. The smallest absolute Gasteiger partial charge is 0.315 e. The minimum atomic E-state index is -0.423. The third-order valence-electron chi connectivity index (χ3n) is 3.82. The van der Waals surface area contributed by atoms with E-state index >= 15 is 0 Å². The zero-order valence-corrected chi connectivity index (χ0v) is 12.0. The Morgan fingerprint density at radius 3 is 2.71 bits per heavy atom. The van der Waals surface area contributed by atoms with Gasteiger partial charge in [-0.3, -0.25) is 14.9 Å². The molecule has 3 N–H and O–H groups in total. The molecule has 7 nitrogen and oxygen atoms in total. The number of nitrogens with zero attached hydrogens (tertiary/aromatic N) is 2. The van der Waals surface area contributed by atoms with Gasteiger partial charge >= 0.3 is 5.69 Å². The topological polar surface area (TPSA) is 102 Å². The molecule has 1 aromatic carbocycles. The number of benzene rings is 1. The number of hydrogen-bond acceptors (Lipinski definition) is 5. The molecular formula is C14H20N4O3. The fourth-order valence-corrected chi connectivity index (χ4v) is 2.67. The molecule has 0 aliphatic carbocycles. The number of rotatable bonds is 4. The van der Waals surface area contributed by atoms with Crippen LogP contribution in [0.3, 0.4) is 0 Å². The molecule has 0 aromatic heterocycles. The molecule has 21 heavy (non-hydrogen) atoms. The van der Waals surface area contributed by atoms with E-state index in [1.807, 2.05) is 4.90 Å². The molecule has 1 heterocycles. The molecule has 1 aliphatic heterocycles. The maximum absolute atomic E-state index is 11.2. The predicted molar refractivity (Wildman–Crippen MR) is 81.1 cm³/mol. The zero-order chi connectivity index (χ0) is 15.4. The SMILES string of the molecule is CC(=O)NCC1CCN(c2cccc(N)c2[N+](=O)[O-])CC1. The Kier molecular flexibility index (Phi) is 4.62. The molecule has 0 atom stereocenters. The van der Waals surface area contributed by atoms with E-state index in [4.69, 9.17) is 5.73 Å². The van der Waals surface area contributed by atoms with E-state index < -0.39 is 4.92 Å². The zero-order valence-electron chi connectivity index (χ0n) is 12.0. The number of carbonyl (C=O) groups excluding carboxylic acids is 1. The Bertz CT molecular complexity index is 539. The maximum Gasteiger partial charge on any atom is 0.315 e. The Morgan fingerprint density at radius 1 is 1.48 bits per heavy atom. The number of nitro groups is 1. The maximum atomic E-state index is 11.2. The molecule has 0 bridgehead atoms. The number of nitrogens with one attached hydrogen (secondary N) is 1. The van der Waals surface area contributed by atoms with Gasteiger partial charge in [0.15, 0.2) is 0 Å². The average Bonchev–Trinajstić information content (AvgIpc) is 2.45. The van der Waals surface area contributed by atoms with E-state index in [1.165, 1.54) is 6.92 Å². The van der Waals surface area contributed by atoms with E-state index in [0.717, 1.165) is 25.9 Å². The molecule has 1 fully saturated rings. The quantitative estimate of drug-likeness (QED) is 0.498. The van der Waals surface area contributed by atoms with E-state index in [-0.39, 0.29) is 17.3 Å². The summed E-state index contributed by atoms with van der Waals surface area (Å²) < 4.78 is 0. The van der Waals surface area contributed by atoms with Gasteiger partial charge in [0.25, 0.3) is 0 Å². The summed E-state index contributed by atoms with van der Waals surface area (Å²) in [5.74, 6) is 0.397. The highest BCUT2D eigenvalue weighted by molar-refractivity contribution is 5.75. The highest BCUT2D eigenvalue weighted by atomic mass is 16.6. The number of carbonyl (C=O) groups is 1. The second-order valence-corrected chi connectivity index (χ2v) is 5.34. The van der Waals surface area contributed by atoms with Crippen LogP contribution in [0.1, 0.15) is 19.8 Å². The molecule has 1 saturated heterocycles. The highest BCUT2D eigenvalue weighted by Gasteiger charge is 2.26. The summed E-state index contributed by atoms with van der Waals surface area (Å²) in [6.07, 6.45) is 1.79. The summed E-state index contributed by atoms with van der Waals surface area (Å²) in [5, 5.41) is 14.0. The van der Waals surface area contributed by atoms with Gasteiger partial charge in [0, 0.05) is 26.6 Å². The number of anilines is 2. The van der Waals surface area contributed by atoms with Crippen molar-refractivity contribution in [1.29, 1.82) is 0 Å². The van der Waals surface area contributed by atoms with Crippen molar-refractivity contribution in [3.05, 3.63) is 28.3 Å². The molecule has 114 valence electrons. The van der Waals surface area contributed by atoms with Crippen LogP contribution in [0.15, 0.2) is 18.2 Å². The fourth-order valence-electron chi connectivity index (χ4n) is 2.67. The van der Waals surface area contributed by atoms with Crippen LogP contribution in [0.5, 0.6) is 0 Å². The normalized spacial score (nSPS) is 15.8. The average molecular weight is 292 g/mol. The summed E-state index contributed by atoms with van der Waals surface area (Å²) in [7, 11) is 0. The third kappa shape index (κ3) is 3.62. The van der Waals surface area contributed by atoms with Crippen LogP contribution in [0.2, 0.25) is 0 Å². The standard InChI is InChI=1S/C14H20N4O3/c1-10(19)16-9-11-5-7-17(8-6-11)13-4-2-3-12(15)14(13)18(20)21/h2-4,11H,5-9,15H2,1H3,(H,16,19). The number of para-hydroxylation sites is 1. The number of hydrogen-bond donors (Lipinski definition) is 2. The number of nitrogens with two attached hydrogens (primary N) is 1. The summed E-state index contributed by atoms with van der Waals surface area (Å²) in [6, 6.07) is 5.02. The number of nitrogen functional groups attached to an aromatic ring is 1. The number of amides is 1. The van der Waals surface area contributed by atoms with Gasteiger partial charge in [0.05, 0.1) is 4.92 Å². The van der Waals surface area contributed by atoms with Crippen LogP contribution in [0.25, 0.3) is 0 Å². The van der Waals surface area contributed by atoms with Gasteiger partial charge in [-0.2, -0.15) is 0 Å². The van der Waals surface area contributed by atoms with Crippen LogP contribution in [0, 0.1) is 16.0 Å². The largest absolute Gasteiger partial charge is 0.393 e. The summed E-state index contributed by atoms with van der Waals surface area (Å²) in [6.45, 7) is 3.64. The highest BCUT2D eigenvalue weighted by Crippen LogP contribution is 2.35. The number of piperidine rings is 1. The van der Waals surface area contributed by atoms with Crippen molar-refractivity contribution in [3.8, 4) is 0 Å². The van der Waals surface area contributed by atoms with Gasteiger partial charge in [0.2, 0.25) is 5.91 Å². The van der Waals surface area contributed by atoms with E-state index in [0.29, 0.717) is 18.2 Å². The van der Waals surface area contributed by atoms with Gasteiger partial charge in [-0.1, -0.05) is 6.07 Å². The first-order chi connectivity index (χ1) is 9.99. The second kappa shape index (κ2) is 6.43. The van der Waals surface area contributed by atoms with Gasteiger partial charge in [-0.15, -0.1) is 0 Å². The van der Waals surface area contributed by atoms with Crippen molar-refractivity contribution < 1.29 is 9.72 Å². The van der Waals surface area contributed by atoms with Crippen molar-refractivity contribution in [3.63, 3.8) is 0 Å². The Morgan fingerprint density at radius 2 is 2.14 bits per heavy atom. The molecule has 0 spiro atoms. The van der Waals surface area contributed by atoms with E-state index in [1.54, 1.807) is 18.2 Å². The molecular weight excluding hydrogens is 272 g/mol. The monoisotopic (exact) mass is 292 g/mol. The lowest BCUT2D eigenvalue weighted by Crippen LogP contribution is -2.38. The van der Waals surface area contributed by atoms with Crippen molar-refractivity contribution in [2.24, 2.45) is 5.92 Å². The van der Waals surface area contributed by atoms with Gasteiger partial charge in [-0.05, 0) is 30.9 Å². The second-order valence-electron chi connectivity index (χ2n) is 5.34. The lowest BCUT2D eigenvalue weighted by atomic mass is 9.96. The van der Waals surface area contributed by atoms with Crippen molar-refractivity contribution >= 4 is 23.0 Å². The molecule has 1 aliphatic rings. The fraction of sp³-hybridized carbons (Fsp3) is 0.500. The van der Waals surface area contributed by atoms with Crippen molar-refractivity contribution in [2.45, 2.75) is 19.8 Å². The first-order valence-corrected chi connectivity index (χ1v) is 7.01. The summed E-state index contributed by atoms with van der Waals surface area (Å²) in [5.41, 5.74) is 6.48. The van der Waals surface area contributed by atoms with E-state index in [2.05, 4.69) is 5.32 Å². The number of nitro benzene ring substituents is 1. The minimum Gasteiger partial charge on any atom is -0.393 e. The van der Waals surface area contributed by atoms with Crippen molar-refractivity contribution in [1.82, 2.24) is 5.32 Å². The molecule has 1 aromatic rings. The minimum absolute atomic E-state index is 0.0159. The molecule has 0 radical (unpaired) electrons. The van der Waals surface area contributed by atoms with Gasteiger partial charge < -0.3 is 16.0 Å². The van der Waals surface area contributed by atoms with Crippen LogP contribution < -0.4 is 16.0 Å². The molecule has 0 unspecified atom stereocenters. The van der Waals surface area contributed by atoms with Crippen LogP contribution in [-0.2, 0) is 4.79 Å². The van der Waals surface area contributed by atoms with Crippen molar-refractivity contribution in [2.75, 3.05) is 30.3 Å².